The highest BCUT2D eigenvalue weighted by molar-refractivity contribution is 6.29. The average molecular weight is 237 g/mol. The second-order valence-corrected chi connectivity index (χ2v) is 3.77. The van der Waals surface area contributed by atoms with E-state index in [0.29, 0.717) is 5.15 Å². The molecule has 0 fully saturated rings. The molecule has 0 aliphatic heterocycles. The second-order valence-electron chi connectivity index (χ2n) is 3.38. The molecule has 1 heterocycles. The maximum absolute atomic E-state index is 6.04. The van der Waals surface area contributed by atoms with Crippen LogP contribution in [0.25, 0.3) is 11.4 Å². The second kappa shape index (κ2) is 4.58. The molecule has 2 rings (SSSR count). The van der Waals surface area contributed by atoms with Crippen molar-refractivity contribution in [2.24, 2.45) is 0 Å². The summed E-state index contributed by atoms with van der Waals surface area (Å²) >= 11 is 6.04. The van der Waals surface area contributed by atoms with Gasteiger partial charge in [0.1, 0.15) is 16.7 Å². The van der Waals surface area contributed by atoms with Crippen LogP contribution in [0.2, 0.25) is 5.15 Å². The largest absolute Gasteiger partial charge is 0.497 e. The van der Waals surface area contributed by atoms with Crippen LogP contribution in [-0.2, 0) is 6.54 Å². The Morgan fingerprint density at radius 1 is 1.44 bits per heavy atom. The van der Waals surface area contributed by atoms with E-state index in [9.17, 15) is 0 Å². The number of methoxy groups -OCH3 is 1. The maximum atomic E-state index is 6.04. The van der Waals surface area contributed by atoms with Crippen LogP contribution in [0.3, 0.4) is 0 Å². The molecular formula is C12H13ClN2O. The molecule has 4 heteroatoms. The molecule has 1 aromatic carbocycles. The Morgan fingerprint density at radius 2 is 2.25 bits per heavy atom. The fourth-order valence-corrected chi connectivity index (χ4v) is 1.90. The number of hydrogen-bond donors (Lipinski definition) is 0. The zero-order valence-electron chi connectivity index (χ0n) is 9.27. The van der Waals surface area contributed by atoms with E-state index in [1.54, 1.807) is 13.3 Å². The minimum absolute atomic E-state index is 0.653. The summed E-state index contributed by atoms with van der Waals surface area (Å²) in [5.41, 5.74) is 1.01. The predicted octanol–water partition coefficient (Wildman–Crippen LogP) is 3.23. The van der Waals surface area contributed by atoms with Crippen molar-refractivity contribution >= 4 is 11.6 Å². The maximum Gasteiger partial charge on any atom is 0.141 e. The Kier molecular flexibility index (Phi) is 3.15. The van der Waals surface area contributed by atoms with Crippen LogP contribution in [0, 0.1) is 0 Å². The molecule has 0 atom stereocenters. The molecule has 3 nitrogen and oxygen atoms in total. The quantitative estimate of drug-likeness (QED) is 0.818. The molecule has 1 aromatic heterocycles. The van der Waals surface area contributed by atoms with E-state index < -0.39 is 0 Å². The molecule has 0 saturated carbocycles. The lowest BCUT2D eigenvalue weighted by Crippen LogP contribution is -1.97. The van der Waals surface area contributed by atoms with Gasteiger partial charge in [-0.2, -0.15) is 0 Å². The third kappa shape index (κ3) is 1.91. The smallest absolute Gasteiger partial charge is 0.141 e. The fraction of sp³-hybridized carbons (Fsp3) is 0.250. The lowest BCUT2D eigenvalue weighted by Gasteiger charge is -2.07. The van der Waals surface area contributed by atoms with Crippen LogP contribution < -0.4 is 4.74 Å². The van der Waals surface area contributed by atoms with Crippen molar-refractivity contribution in [2.45, 2.75) is 13.5 Å². The number of halogens is 1. The van der Waals surface area contributed by atoms with E-state index in [1.165, 1.54) is 0 Å². The molecule has 0 amide bonds. The molecule has 0 N–H and O–H groups in total. The lowest BCUT2D eigenvalue weighted by molar-refractivity contribution is 0.415. The standard InChI is InChI=1S/C12H13ClN2O/c1-3-15-11(13)8-14-12(15)9-5-4-6-10(7-9)16-2/h4-8H,3H2,1-2H3. The van der Waals surface area contributed by atoms with Crippen molar-refractivity contribution in [3.8, 4) is 17.1 Å². The van der Waals surface area contributed by atoms with Gasteiger partial charge in [0, 0.05) is 12.1 Å². The number of nitrogens with zero attached hydrogens (tertiary/aromatic N) is 2. The van der Waals surface area contributed by atoms with Gasteiger partial charge in [-0.25, -0.2) is 4.98 Å². The molecule has 0 aliphatic carbocycles. The summed E-state index contributed by atoms with van der Waals surface area (Å²) in [5, 5.41) is 0.653. The van der Waals surface area contributed by atoms with E-state index in [-0.39, 0.29) is 0 Å². The third-order valence-electron chi connectivity index (χ3n) is 2.45. The monoisotopic (exact) mass is 236 g/mol. The van der Waals surface area contributed by atoms with Gasteiger partial charge >= 0.3 is 0 Å². The summed E-state index contributed by atoms with van der Waals surface area (Å²) < 4.78 is 7.14. The minimum atomic E-state index is 0.653. The molecule has 84 valence electrons. The molecule has 0 unspecified atom stereocenters. The van der Waals surface area contributed by atoms with Crippen molar-refractivity contribution in [2.75, 3.05) is 7.11 Å². The zero-order chi connectivity index (χ0) is 11.5. The summed E-state index contributed by atoms with van der Waals surface area (Å²) in [4.78, 5) is 4.31. The molecule has 0 aliphatic rings. The van der Waals surface area contributed by atoms with Crippen molar-refractivity contribution in [3.05, 3.63) is 35.6 Å². The molecule has 16 heavy (non-hydrogen) atoms. The van der Waals surface area contributed by atoms with Crippen LogP contribution in [0.15, 0.2) is 30.5 Å². The number of aromatic nitrogens is 2. The van der Waals surface area contributed by atoms with Gasteiger partial charge in [0.25, 0.3) is 0 Å². The van der Waals surface area contributed by atoms with Gasteiger partial charge in [-0.15, -0.1) is 0 Å². The van der Waals surface area contributed by atoms with Gasteiger partial charge in [-0.1, -0.05) is 23.7 Å². The highest BCUT2D eigenvalue weighted by Crippen LogP contribution is 2.25. The molecule has 0 saturated heterocycles. The highest BCUT2D eigenvalue weighted by Gasteiger charge is 2.09. The van der Waals surface area contributed by atoms with E-state index in [4.69, 9.17) is 16.3 Å². The minimum Gasteiger partial charge on any atom is -0.497 e. The predicted molar refractivity (Wildman–Crippen MR) is 64.9 cm³/mol. The summed E-state index contributed by atoms with van der Waals surface area (Å²) in [6, 6.07) is 7.79. The lowest BCUT2D eigenvalue weighted by atomic mass is 10.2. The molecule has 0 bridgehead atoms. The number of ether oxygens (including phenoxy) is 1. The first kappa shape index (κ1) is 11.0. The first-order chi connectivity index (χ1) is 7.76. The van der Waals surface area contributed by atoms with Crippen molar-refractivity contribution < 1.29 is 4.74 Å². The number of imidazole rings is 1. The fourth-order valence-electron chi connectivity index (χ4n) is 1.65. The summed E-state index contributed by atoms with van der Waals surface area (Å²) in [5.74, 6) is 1.69. The number of benzene rings is 1. The average Bonchev–Trinajstić information content (AvgIpc) is 2.70. The van der Waals surface area contributed by atoms with Crippen molar-refractivity contribution in [1.82, 2.24) is 9.55 Å². The van der Waals surface area contributed by atoms with E-state index in [0.717, 1.165) is 23.7 Å². The molecule has 0 radical (unpaired) electrons. The Bertz CT molecular complexity index is 494. The Morgan fingerprint density at radius 3 is 2.94 bits per heavy atom. The van der Waals surface area contributed by atoms with Gasteiger partial charge in [-0.05, 0) is 19.1 Å². The van der Waals surface area contributed by atoms with E-state index in [2.05, 4.69) is 4.98 Å². The molecular weight excluding hydrogens is 224 g/mol. The third-order valence-corrected chi connectivity index (χ3v) is 2.75. The van der Waals surface area contributed by atoms with Gasteiger partial charge in [0.2, 0.25) is 0 Å². The summed E-state index contributed by atoms with van der Waals surface area (Å²) in [7, 11) is 1.65. The Balaban J connectivity index is 2.49. The molecule has 0 spiro atoms. The van der Waals surface area contributed by atoms with Crippen LogP contribution in [0.1, 0.15) is 6.92 Å². The molecule has 2 aromatic rings. The summed E-state index contributed by atoms with van der Waals surface area (Å²) in [6.07, 6.45) is 1.67. The van der Waals surface area contributed by atoms with Crippen LogP contribution in [0.5, 0.6) is 5.75 Å². The van der Waals surface area contributed by atoms with E-state index >= 15 is 0 Å². The Labute approximate surface area is 99.6 Å². The van der Waals surface area contributed by atoms with Gasteiger partial charge in [-0.3, -0.25) is 0 Å². The Hall–Kier alpha value is -1.48. The van der Waals surface area contributed by atoms with Crippen LogP contribution in [0.4, 0.5) is 0 Å². The zero-order valence-corrected chi connectivity index (χ0v) is 10.0. The van der Waals surface area contributed by atoms with Crippen LogP contribution >= 0.6 is 11.6 Å². The number of hydrogen-bond acceptors (Lipinski definition) is 2. The van der Waals surface area contributed by atoms with Crippen molar-refractivity contribution in [1.29, 1.82) is 0 Å². The van der Waals surface area contributed by atoms with E-state index in [1.807, 2.05) is 35.8 Å². The highest BCUT2D eigenvalue weighted by atomic mass is 35.5. The van der Waals surface area contributed by atoms with Crippen molar-refractivity contribution in [3.63, 3.8) is 0 Å². The SMILES string of the molecule is CCn1c(Cl)cnc1-c1cccc(OC)c1. The summed E-state index contributed by atoms with van der Waals surface area (Å²) in [6.45, 7) is 2.84. The normalized spacial score (nSPS) is 10.4. The van der Waals surface area contributed by atoms with Gasteiger partial charge in [0.05, 0.1) is 13.3 Å². The number of rotatable bonds is 3. The van der Waals surface area contributed by atoms with Crippen LogP contribution in [-0.4, -0.2) is 16.7 Å². The first-order valence-electron chi connectivity index (χ1n) is 5.11. The first-order valence-corrected chi connectivity index (χ1v) is 5.49. The topological polar surface area (TPSA) is 27.1 Å². The van der Waals surface area contributed by atoms with Gasteiger partial charge < -0.3 is 9.30 Å². The van der Waals surface area contributed by atoms with Gasteiger partial charge in [0.15, 0.2) is 0 Å².